The van der Waals surface area contributed by atoms with E-state index in [1.807, 2.05) is 0 Å². The first kappa shape index (κ1) is 34.9. The summed E-state index contributed by atoms with van der Waals surface area (Å²) in [5.74, 6) is 5.47. The van der Waals surface area contributed by atoms with Gasteiger partial charge >= 0.3 is 0 Å². The maximum absolute atomic E-state index is 6.14. The highest BCUT2D eigenvalue weighted by molar-refractivity contribution is 5.49. The van der Waals surface area contributed by atoms with E-state index in [4.69, 9.17) is 24.7 Å². The Labute approximate surface area is 319 Å². The highest BCUT2D eigenvalue weighted by Gasteiger charge is 2.48. The van der Waals surface area contributed by atoms with Crippen molar-refractivity contribution < 1.29 is 9.05 Å². The van der Waals surface area contributed by atoms with Crippen LogP contribution in [0.1, 0.15) is 161 Å². The van der Waals surface area contributed by atoms with Crippen molar-refractivity contribution in [1.29, 1.82) is 0 Å². The topological polar surface area (TPSA) is 140 Å². The zero-order chi connectivity index (χ0) is 36.1. The number of hydrogen-bond donors (Lipinski definition) is 4. The molecule has 0 spiro atoms. The van der Waals surface area contributed by atoms with Crippen molar-refractivity contribution >= 4 is 5.69 Å². The number of nitrogens with two attached hydrogens (primary N) is 1. The number of rotatable bonds is 14. The van der Waals surface area contributed by atoms with Gasteiger partial charge in [-0.3, -0.25) is 0 Å². The molecule has 10 heteroatoms. The van der Waals surface area contributed by atoms with Gasteiger partial charge in [-0.05, 0) is 113 Å². The first-order valence-electron chi connectivity index (χ1n) is 21.3. The van der Waals surface area contributed by atoms with E-state index >= 15 is 0 Å². The van der Waals surface area contributed by atoms with Crippen LogP contribution in [0.2, 0.25) is 0 Å². The zero-order valence-electron chi connectivity index (χ0n) is 31.7. The molecule has 4 aromatic rings. The van der Waals surface area contributed by atoms with Crippen molar-refractivity contribution in [2.75, 3.05) is 18.4 Å². The maximum Gasteiger partial charge on any atom is 0.229 e. The molecule has 0 radical (unpaired) electrons. The van der Waals surface area contributed by atoms with Crippen LogP contribution in [0.3, 0.4) is 0 Å². The third-order valence-electron chi connectivity index (χ3n) is 14.6. The summed E-state index contributed by atoms with van der Waals surface area (Å²) in [5, 5.41) is 20.8. The molecule has 6 saturated carbocycles. The average Bonchev–Trinajstić information content (AvgIpc) is 4.01. The Bertz CT molecular complexity index is 1870. The van der Waals surface area contributed by atoms with Gasteiger partial charge in [-0.15, -0.1) is 0 Å². The Kier molecular flexibility index (Phi) is 9.35. The van der Waals surface area contributed by atoms with Gasteiger partial charge < -0.3 is 30.7 Å². The lowest BCUT2D eigenvalue weighted by Gasteiger charge is -2.39. The zero-order valence-corrected chi connectivity index (χ0v) is 31.7. The third kappa shape index (κ3) is 7.03. The quantitative estimate of drug-likeness (QED) is 0.102. The second kappa shape index (κ2) is 14.5. The van der Waals surface area contributed by atoms with Crippen LogP contribution < -0.4 is 21.7 Å². The fourth-order valence-corrected chi connectivity index (χ4v) is 10.3. The standard InChI is InChI=1S/C44H58N8O2/c45-32-15-11-29(12-16-32)39-49-41(51-53-39)44(21-6-22-44)27-47-38-25-36(38)31-9-4-10-34(23-31)48-33-17-13-30(14-18-33)40-50-42(52-54-40)43(19-5-20-43)26-46-37-24-35(37)28-7-2-1-3-8-28/h1-4,7-10,23,29-30,32-33,35-38,46-48H,5-6,11-22,24-27,45H2/t29-,30-,32-,33+,35-,36-,37+,38+/m0/s1. The molecule has 0 amide bonds. The van der Waals surface area contributed by atoms with Crippen LogP contribution >= 0.6 is 0 Å². The van der Waals surface area contributed by atoms with E-state index in [0.29, 0.717) is 47.8 Å². The van der Waals surface area contributed by atoms with E-state index in [1.54, 1.807) is 0 Å². The van der Waals surface area contributed by atoms with Crippen LogP contribution in [0.5, 0.6) is 0 Å². The van der Waals surface area contributed by atoms with Gasteiger partial charge in [-0.2, -0.15) is 9.97 Å². The third-order valence-corrected chi connectivity index (χ3v) is 14.6. The lowest BCUT2D eigenvalue weighted by Crippen LogP contribution is -2.45. The van der Waals surface area contributed by atoms with E-state index in [0.717, 1.165) is 114 Å². The van der Waals surface area contributed by atoms with Crippen molar-refractivity contribution in [3.8, 4) is 0 Å². The van der Waals surface area contributed by atoms with E-state index < -0.39 is 0 Å². The summed E-state index contributed by atoms with van der Waals surface area (Å²) in [7, 11) is 0. The first-order chi connectivity index (χ1) is 26.5. The molecule has 54 heavy (non-hydrogen) atoms. The van der Waals surface area contributed by atoms with E-state index in [-0.39, 0.29) is 10.8 Å². The van der Waals surface area contributed by atoms with Crippen LogP contribution in [0.4, 0.5) is 5.69 Å². The molecule has 6 aliphatic rings. The first-order valence-corrected chi connectivity index (χ1v) is 21.3. The molecule has 4 atom stereocenters. The Morgan fingerprint density at radius 2 is 1.17 bits per heavy atom. The molecule has 2 aromatic heterocycles. The summed E-state index contributed by atoms with van der Waals surface area (Å²) in [6.45, 7) is 1.88. The molecule has 6 aliphatic carbocycles. The maximum atomic E-state index is 6.14. The molecule has 10 rings (SSSR count). The Morgan fingerprint density at radius 3 is 1.72 bits per heavy atom. The largest absolute Gasteiger partial charge is 0.382 e. The summed E-state index contributed by atoms with van der Waals surface area (Å²) in [6, 6.07) is 21.9. The smallest absolute Gasteiger partial charge is 0.229 e. The van der Waals surface area contributed by atoms with Gasteiger partial charge in [0.2, 0.25) is 11.8 Å². The van der Waals surface area contributed by atoms with Crippen LogP contribution in [0, 0.1) is 0 Å². The van der Waals surface area contributed by atoms with Crippen LogP contribution in [0.25, 0.3) is 0 Å². The predicted octanol–water partition coefficient (Wildman–Crippen LogP) is 7.71. The van der Waals surface area contributed by atoms with Crippen molar-refractivity contribution in [2.45, 2.75) is 161 Å². The Hall–Kier alpha value is -3.60. The minimum atomic E-state index is 0.0176. The number of aromatic nitrogens is 4. The second-order valence-electron chi connectivity index (χ2n) is 18.2. The van der Waals surface area contributed by atoms with Crippen LogP contribution in [-0.4, -0.2) is 57.5 Å². The molecular formula is C44H58N8O2. The monoisotopic (exact) mass is 730 g/mol. The molecule has 0 aliphatic heterocycles. The number of hydrogen-bond acceptors (Lipinski definition) is 10. The minimum Gasteiger partial charge on any atom is -0.382 e. The van der Waals surface area contributed by atoms with Gasteiger partial charge in [0.15, 0.2) is 11.6 Å². The lowest BCUT2D eigenvalue weighted by atomic mass is 9.68. The normalized spacial score (nSPS) is 32.3. The fourth-order valence-electron chi connectivity index (χ4n) is 10.3. The summed E-state index contributed by atoms with van der Waals surface area (Å²) in [6.07, 6.45) is 18.1. The lowest BCUT2D eigenvalue weighted by molar-refractivity contribution is 0.210. The molecule has 0 saturated heterocycles. The van der Waals surface area contributed by atoms with Crippen LogP contribution in [0.15, 0.2) is 63.6 Å². The van der Waals surface area contributed by atoms with Crippen molar-refractivity contribution in [3.63, 3.8) is 0 Å². The van der Waals surface area contributed by atoms with Gasteiger partial charge in [0, 0.05) is 77.4 Å². The van der Waals surface area contributed by atoms with E-state index in [1.165, 1.54) is 42.5 Å². The van der Waals surface area contributed by atoms with E-state index in [2.05, 4.69) is 80.9 Å². The summed E-state index contributed by atoms with van der Waals surface area (Å²) in [4.78, 5) is 10.1. The SMILES string of the molecule is N[C@H]1CC[C@H](c2nc(C3(CN[C@@H]4C[C@H]4c4cccc(N[C@H]5CC[C@@H](c6nc(C7(CN[C@@H]8C[C@H]8c8ccccc8)CCC7)no6)CC5)c4)CCC3)no2)CC1. The van der Waals surface area contributed by atoms with Gasteiger partial charge in [-0.25, -0.2) is 0 Å². The van der Waals surface area contributed by atoms with Gasteiger partial charge in [-0.1, -0.05) is 65.6 Å². The summed E-state index contributed by atoms with van der Waals surface area (Å²) >= 11 is 0. The molecule has 286 valence electrons. The molecule has 10 nitrogen and oxygen atoms in total. The van der Waals surface area contributed by atoms with Crippen molar-refractivity contribution in [1.82, 2.24) is 30.9 Å². The number of benzene rings is 2. The molecule has 2 aromatic carbocycles. The number of nitrogens with zero attached hydrogens (tertiary/aromatic N) is 4. The minimum absolute atomic E-state index is 0.0176. The van der Waals surface area contributed by atoms with Gasteiger partial charge in [0.1, 0.15) is 0 Å². The molecule has 2 heterocycles. The second-order valence-corrected chi connectivity index (χ2v) is 18.2. The van der Waals surface area contributed by atoms with Crippen LogP contribution in [-0.2, 0) is 10.8 Å². The summed E-state index contributed by atoms with van der Waals surface area (Å²) in [5.41, 5.74) is 10.3. The summed E-state index contributed by atoms with van der Waals surface area (Å²) < 4.78 is 11.8. The molecule has 6 fully saturated rings. The van der Waals surface area contributed by atoms with Crippen molar-refractivity contribution in [3.05, 3.63) is 89.2 Å². The Balaban J connectivity index is 0.689. The van der Waals surface area contributed by atoms with Crippen molar-refractivity contribution in [2.24, 2.45) is 5.73 Å². The Morgan fingerprint density at radius 1 is 0.630 bits per heavy atom. The fraction of sp³-hybridized carbons (Fsp3) is 0.636. The van der Waals surface area contributed by atoms with E-state index in [9.17, 15) is 0 Å². The van der Waals surface area contributed by atoms with Gasteiger partial charge in [0.05, 0.1) is 0 Å². The molecular weight excluding hydrogens is 673 g/mol. The number of nitrogens with one attached hydrogen (secondary N) is 3. The molecule has 5 N–H and O–H groups in total. The number of anilines is 1. The highest BCUT2D eigenvalue weighted by Crippen LogP contribution is 2.48. The average molecular weight is 731 g/mol. The van der Waals surface area contributed by atoms with Gasteiger partial charge in [0.25, 0.3) is 0 Å². The predicted molar refractivity (Wildman–Crippen MR) is 209 cm³/mol. The molecule has 0 bridgehead atoms. The molecule has 0 unspecified atom stereocenters. The highest BCUT2D eigenvalue weighted by atomic mass is 16.5.